The molecule has 0 aliphatic heterocycles. The van der Waals surface area contributed by atoms with Crippen LogP contribution in [0.15, 0.2) is 47.4 Å². The zero-order valence-electron chi connectivity index (χ0n) is 11.8. The lowest BCUT2D eigenvalue weighted by Crippen LogP contribution is -2.05. The molecule has 0 fully saturated rings. The van der Waals surface area contributed by atoms with Crippen molar-refractivity contribution in [1.82, 2.24) is 4.98 Å². The first-order valence-corrected chi connectivity index (χ1v) is 8.46. The number of aromatic nitrogens is 1. The molecule has 0 saturated carbocycles. The van der Waals surface area contributed by atoms with Crippen molar-refractivity contribution in [2.24, 2.45) is 0 Å². The highest BCUT2D eigenvalue weighted by molar-refractivity contribution is 7.98. The Labute approximate surface area is 135 Å². The standard InChI is InChI=1S/C16H13FN2OS2/c1-10(20)18-12-3-5-13(6-4-12)21-9-16-19-14-8-11(17)2-7-15(14)22-16/h2-8H,9H2,1H3,(H,18,20). The summed E-state index contributed by atoms with van der Waals surface area (Å²) in [6.07, 6.45) is 0. The number of hydrogen-bond donors (Lipinski definition) is 1. The van der Waals surface area contributed by atoms with E-state index in [1.807, 2.05) is 24.3 Å². The molecule has 22 heavy (non-hydrogen) atoms. The third-order valence-electron chi connectivity index (χ3n) is 2.93. The largest absolute Gasteiger partial charge is 0.326 e. The summed E-state index contributed by atoms with van der Waals surface area (Å²) in [4.78, 5) is 16.5. The second kappa shape index (κ2) is 6.46. The average Bonchev–Trinajstić information content (AvgIpc) is 2.88. The molecule has 1 N–H and O–H groups in total. The van der Waals surface area contributed by atoms with Crippen molar-refractivity contribution in [3.05, 3.63) is 53.3 Å². The van der Waals surface area contributed by atoms with E-state index >= 15 is 0 Å². The minimum absolute atomic E-state index is 0.0814. The van der Waals surface area contributed by atoms with Gasteiger partial charge in [-0.1, -0.05) is 0 Å². The fourth-order valence-electron chi connectivity index (χ4n) is 1.99. The molecule has 3 aromatic rings. The Morgan fingerprint density at radius 3 is 2.77 bits per heavy atom. The van der Waals surface area contributed by atoms with Crippen LogP contribution in [-0.4, -0.2) is 10.9 Å². The molecule has 1 aromatic heterocycles. The van der Waals surface area contributed by atoms with Crippen molar-refractivity contribution < 1.29 is 9.18 Å². The fraction of sp³-hybridized carbons (Fsp3) is 0.125. The third kappa shape index (κ3) is 3.64. The average molecular weight is 332 g/mol. The van der Waals surface area contributed by atoms with E-state index in [1.54, 1.807) is 29.2 Å². The van der Waals surface area contributed by atoms with Gasteiger partial charge in [0, 0.05) is 23.6 Å². The van der Waals surface area contributed by atoms with Gasteiger partial charge in [0.2, 0.25) is 5.91 Å². The van der Waals surface area contributed by atoms with E-state index in [1.165, 1.54) is 19.1 Å². The van der Waals surface area contributed by atoms with Gasteiger partial charge in [-0.05, 0) is 36.4 Å². The number of benzene rings is 2. The Morgan fingerprint density at radius 1 is 1.27 bits per heavy atom. The van der Waals surface area contributed by atoms with Crippen LogP contribution >= 0.6 is 23.1 Å². The van der Waals surface area contributed by atoms with Gasteiger partial charge in [0.05, 0.1) is 16.0 Å². The summed E-state index contributed by atoms with van der Waals surface area (Å²) in [6, 6.07) is 12.3. The summed E-state index contributed by atoms with van der Waals surface area (Å²) in [5.41, 5.74) is 1.49. The van der Waals surface area contributed by atoms with Crippen LogP contribution in [-0.2, 0) is 10.5 Å². The van der Waals surface area contributed by atoms with Crippen molar-refractivity contribution in [2.45, 2.75) is 17.6 Å². The Bertz CT molecular complexity index is 815. The molecule has 1 heterocycles. The number of fused-ring (bicyclic) bond motifs is 1. The number of amides is 1. The Morgan fingerprint density at radius 2 is 2.05 bits per heavy atom. The molecule has 0 aliphatic rings. The molecule has 2 aromatic carbocycles. The number of carbonyl (C=O) groups is 1. The minimum atomic E-state index is -0.259. The smallest absolute Gasteiger partial charge is 0.221 e. The van der Waals surface area contributed by atoms with E-state index in [9.17, 15) is 9.18 Å². The van der Waals surface area contributed by atoms with Crippen molar-refractivity contribution in [3.63, 3.8) is 0 Å². The summed E-state index contributed by atoms with van der Waals surface area (Å²) < 4.78 is 14.2. The van der Waals surface area contributed by atoms with E-state index in [0.717, 1.165) is 26.0 Å². The highest BCUT2D eigenvalue weighted by Gasteiger charge is 2.06. The van der Waals surface area contributed by atoms with Crippen LogP contribution in [0.2, 0.25) is 0 Å². The maximum absolute atomic E-state index is 13.2. The molecule has 0 saturated heterocycles. The SMILES string of the molecule is CC(=O)Nc1ccc(SCc2nc3cc(F)ccc3s2)cc1. The van der Waals surface area contributed by atoms with Gasteiger partial charge in [0.25, 0.3) is 0 Å². The van der Waals surface area contributed by atoms with Crippen molar-refractivity contribution in [2.75, 3.05) is 5.32 Å². The third-order valence-corrected chi connectivity index (χ3v) is 5.17. The van der Waals surface area contributed by atoms with E-state index in [4.69, 9.17) is 0 Å². The molecule has 3 rings (SSSR count). The molecular formula is C16H13FN2OS2. The molecule has 0 atom stereocenters. The molecule has 1 amide bonds. The summed E-state index contributed by atoms with van der Waals surface area (Å²) in [6.45, 7) is 1.48. The number of hydrogen-bond acceptors (Lipinski definition) is 4. The molecule has 3 nitrogen and oxygen atoms in total. The quantitative estimate of drug-likeness (QED) is 0.705. The first-order valence-electron chi connectivity index (χ1n) is 6.65. The summed E-state index contributed by atoms with van der Waals surface area (Å²) in [5.74, 6) is 0.396. The van der Waals surface area contributed by atoms with E-state index in [2.05, 4.69) is 10.3 Å². The van der Waals surface area contributed by atoms with Gasteiger partial charge in [-0.3, -0.25) is 4.79 Å². The Hall–Kier alpha value is -1.92. The van der Waals surface area contributed by atoms with Gasteiger partial charge in [0.1, 0.15) is 10.8 Å². The summed E-state index contributed by atoms with van der Waals surface area (Å²) in [5, 5.41) is 3.70. The fourth-order valence-corrected chi connectivity index (χ4v) is 3.83. The molecular weight excluding hydrogens is 319 g/mol. The first-order chi connectivity index (χ1) is 10.6. The Kier molecular flexibility index (Phi) is 4.40. The first kappa shape index (κ1) is 15.0. The van der Waals surface area contributed by atoms with Crippen molar-refractivity contribution in [1.29, 1.82) is 0 Å². The van der Waals surface area contributed by atoms with E-state index < -0.39 is 0 Å². The van der Waals surface area contributed by atoms with E-state index in [-0.39, 0.29) is 11.7 Å². The summed E-state index contributed by atoms with van der Waals surface area (Å²) in [7, 11) is 0. The second-order valence-corrected chi connectivity index (χ2v) is 6.88. The lowest BCUT2D eigenvalue weighted by molar-refractivity contribution is -0.114. The van der Waals surface area contributed by atoms with Crippen LogP contribution in [0.1, 0.15) is 11.9 Å². The van der Waals surface area contributed by atoms with Gasteiger partial charge in [0.15, 0.2) is 0 Å². The number of rotatable bonds is 4. The van der Waals surface area contributed by atoms with Crippen molar-refractivity contribution in [3.8, 4) is 0 Å². The van der Waals surface area contributed by atoms with E-state index in [0.29, 0.717) is 5.52 Å². The number of carbonyl (C=O) groups excluding carboxylic acids is 1. The minimum Gasteiger partial charge on any atom is -0.326 e. The van der Waals surface area contributed by atoms with Crippen LogP contribution in [0.25, 0.3) is 10.2 Å². The van der Waals surface area contributed by atoms with Crippen LogP contribution < -0.4 is 5.32 Å². The van der Waals surface area contributed by atoms with Gasteiger partial charge >= 0.3 is 0 Å². The number of halogens is 1. The molecule has 6 heteroatoms. The highest BCUT2D eigenvalue weighted by atomic mass is 32.2. The molecule has 112 valence electrons. The van der Waals surface area contributed by atoms with Gasteiger partial charge in [-0.15, -0.1) is 23.1 Å². The topological polar surface area (TPSA) is 42.0 Å². The monoisotopic (exact) mass is 332 g/mol. The van der Waals surface area contributed by atoms with Crippen LogP contribution in [0.3, 0.4) is 0 Å². The second-order valence-electron chi connectivity index (χ2n) is 4.71. The number of thiazole rings is 1. The van der Waals surface area contributed by atoms with Crippen LogP contribution in [0.4, 0.5) is 10.1 Å². The normalized spacial score (nSPS) is 10.8. The Balaban J connectivity index is 1.67. The number of thioether (sulfide) groups is 1. The molecule has 0 bridgehead atoms. The maximum atomic E-state index is 13.2. The predicted octanol–water partition coefficient (Wildman–Crippen LogP) is 4.69. The number of anilines is 1. The maximum Gasteiger partial charge on any atom is 0.221 e. The number of nitrogens with one attached hydrogen (secondary N) is 1. The zero-order valence-corrected chi connectivity index (χ0v) is 13.4. The zero-order chi connectivity index (χ0) is 15.5. The van der Waals surface area contributed by atoms with Crippen molar-refractivity contribution >= 4 is 44.9 Å². The number of nitrogens with zero attached hydrogens (tertiary/aromatic N) is 1. The highest BCUT2D eigenvalue weighted by Crippen LogP contribution is 2.29. The molecule has 0 spiro atoms. The van der Waals surface area contributed by atoms with Gasteiger partial charge < -0.3 is 5.32 Å². The molecule has 0 aliphatic carbocycles. The van der Waals surface area contributed by atoms with Crippen LogP contribution in [0, 0.1) is 5.82 Å². The lowest BCUT2D eigenvalue weighted by atomic mass is 10.3. The molecule has 0 unspecified atom stereocenters. The van der Waals surface area contributed by atoms with Gasteiger partial charge in [-0.2, -0.15) is 0 Å². The predicted molar refractivity (Wildman–Crippen MR) is 89.9 cm³/mol. The van der Waals surface area contributed by atoms with Crippen LogP contribution in [0.5, 0.6) is 0 Å². The van der Waals surface area contributed by atoms with Gasteiger partial charge in [-0.25, -0.2) is 9.37 Å². The molecule has 0 radical (unpaired) electrons. The summed E-state index contributed by atoms with van der Waals surface area (Å²) >= 11 is 3.24. The lowest BCUT2D eigenvalue weighted by Gasteiger charge is -2.03.